The summed E-state index contributed by atoms with van der Waals surface area (Å²) < 4.78 is 5.40. The molecule has 1 fully saturated rings. The Bertz CT molecular complexity index is 970. The van der Waals surface area contributed by atoms with Crippen molar-refractivity contribution in [2.45, 2.75) is 13.0 Å². The molecule has 3 N–H and O–H groups in total. The van der Waals surface area contributed by atoms with E-state index < -0.39 is 17.7 Å². The number of nitrogens with zero attached hydrogens (tertiary/aromatic N) is 1. The molecule has 7 nitrogen and oxygen atoms in total. The van der Waals surface area contributed by atoms with Gasteiger partial charge in [0.2, 0.25) is 0 Å². The number of amides is 1. The number of carbonyl (C=O) groups is 2. The molecule has 0 aliphatic carbocycles. The third kappa shape index (κ3) is 3.92. The standard InChI is InChI=1S/C21H20ClNO6/c1-2-29-16-11-13(5-8-15(16)25)18-17(20(27)21(28)23(18)9-10-24)19(26)12-3-6-14(22)7-4-12/h3-8,11,18,24-26H,2,9-10H2,1H3. The molecule has 2 aromatic carbocycles. The summed E-state index contributed by atoms with van der Waals surface area (Å²) in [6.07, 6.45) is 0. The third-order valence-corrected chi connectivity index (χ3v) is 4.85. The molecule has 1 heterocycles. The highest BCUT2D eigenvalue weighted by Crippen LogP contribution is 2.41. The first-order valence-electron chi connectivity index (χ1n) is 9.00. The van der Waals surface area contributed by atoms with E-state index in [1.54, 1.807) is 19.1 Å². The van der Waals surface area contributed by atoms with E-state index in [2.05, 4.69) is 0 Å². The number of Topliss-reactive ketones (excluding diaryl/α,β-unsaturated/α-hetero) is 1. The van der Waals surface area contributed by atoms with Crippen LogP contribution in [0.3, 0.4) is 0 Å². The zero-order chi connectivity index (χ0) is 21.1. The van der Waals surface area contributed by atoms with Gasteiger partial charge in [0.1, 0.15) is 5.76 Å². The molecule has 8 heteroatoms. The van der Waals surface area contributed by atoms with Crippen LogP contribution in [0.5, 0.6) is 11.5 Å². The summed E-state index contributed by atoms with van der Waals surface area (Å²) in [5, 5.41) is 30.7. The monoisotopic (exact) mass is 417 g/mol. The summed E-state index contributed by atoms with van der Waals surface area (Å²) in [4.78, 5) is 26.5. The van der Waals surface area contributed by atoms with Gasteiger partial charge in [-0.3, -0.25) is 9.59 Å². The summed E-state index contributed by atoms with van der Waals surface area (Å²) in [6.45, 7) is 1.60. The molecule has 2 aromatic rings. The maximum absolute atomic E-state index is 12.7. The van der Waals surface area contributed by atoms with Crippen LogP contribution in [-0.4, -0.2) is 51.7 Å². The summed E-state index contributed by atoms with van der Waals surface area (Å²) in [6, 6.07) is 9.68. The lowest BCUT2D eigenvalue weighted by molar-refractivity contribution is -0.140. The maximum atomic E-state index is 12.7. The molecule has 0 spiro atoms. The number of hydrogen-bond acceptors (Lipinski definition) is 6. The minimum absolute atomic E-state index is 0.0904. The van der Waals surface area contributed by atoms with E-state index >= 15 is 0 Å². The fourth-order valence-electron chi connectivity index (χ4n) is 3.30. The van der Waals surface area contributed by atoms with Crippen LogP contribution in [0.2, 0.25) is 5.02 Å². The molecule has 0 aromatic heterocycles. The van der Waals surface area contributed by atoms with Crippen molar-refractivity contribution in [3.05, 3.63) is 64.2 Å². The van der Waals surface area contributed by atoms with Gasteiger partial charge in [0, 0.05) is 17.1 Å². The number of benzene rings is 2. The topological polar surface area (TPSA) is 107 Å². The Balaban J connectivity index is 2.19. The van der Waals surface area contributed by atoms with Crippen molar-refractivity contribution in [2.75, 3.05) is 19.8 Å². The highest BCUT2D eigenvalue weighted by atomic mass is 35.5. The molecule has 1 atom stereocenters. The second kappa shape index (κ2) is 8.55. The van der Waals surface area contributed by atoms with Gasteiger partial charge in [-0.15, -0.1) is 0 Å². The second-order valence-electron chi connectivity index (χ2n) is 6.38. The van der Waals surface area contributed by atoms with E-state index in [4.69, 9.17) is 16.3 Å². The minimum Gasteiger partial charge on any atom is -0.507 e. The molecule has 1 unspecified atom stereocenters. The number of carbonyl (C=O) groups excluding carboxylic acids is 2. The number of ketones is 1. The minimum atomic E-state index is -0.947. The SMILES string of the molecule is CCOc1cc(C2C(=C(O)c3ccc(Cl)cc3)C(=O)C(=O)N2CCO)ccc1O. The van der Waals surface area contributed by atoms with Crippen molar-refractivity contribution in [3.8, 4) is 11.5 Å². The fourth-order valence-corrected chi connectivity index (χ4v) is 3.43. The van der Waals surface area contributed by atoms with Crippen LogP contribution in [0.4, 0.5) is 0 Å². The number of aliphatic hydroxyl groups is 2. The summed E-state index contributed by atoms with van der Waals surface area (Å²) in [7, 11) is 0. The Kier molecular flexibility index (Phi) is 6.10. The van der Waals surface area contributed by atoms with Gasteiger partial charge in [-0.05, 0) is 48.9 Å². The van der Waals surface area contributed by atoms with Gasteiger partial charge in [0.15, 0.2) is 11.5 Å². The maximum Gasteiger partial charge on any atom is 0.295 e. The Morgan fingerprint density at radius 1 is 1.17 bits per heavy atom. The van der Waals surface area contributed by atoms with Crippen molar-refractivity contribution in [3.63, 3.8) is 0 Å². The summed E-state index contributed by atoms with van der Waals surface area (Å²) in [5.41, 5.74) is 0.665. The molecule has 3 rings (SSSR count). The highest BCUT2D eigenvalue weighted by molar-refractivity contribution is 6.46. The van der Waals surface area contributed by atoms with Crippen LogP contribution in [0.1, 0.15) is 24.1 Å². The van der Waals surface area contributed by atoms with Crippen LogP contribution in [0.15, 0.2) is 48.0 Å². The van der Waals surface area contributed by atoms with Gasteiger partial charge < -0.3 is 25.0 Å². The number of ether oxygens (including phenoxy) is 1. The normalized spacial score (nSPS) is 18.3. The number of phenolic OH excluding ortho intramolecular Hbond substituents is 1. The highest BCUT2D eigenvalue weighted by Gasteiger charge is 2.46. The number of hydrogen-bond donors (Lipinski definition) is 3. The number of β-amino-alcohol motifs (C(OH)–C–C–N with tert-alkyl or cyclic N) is 1. The molecule has 1 aliphatic rings. The summed E-state index contributed by atoms with van der Waals surface area (Å²) in [5.74, 6) is -1.94. The van der Waals surface area contributed by atoms with Gasteiger partial charge in [-0.1, -0.05) is 17.7 Å². The number of halogens is 1. The fraction of sp³-hybridized carbons (Fsp3) is 0.238. The lowest BCUT2D eigenvalue weighted by Gasteiger charge is -2.25. The number of rotatable bonds is 6. The molecular formula is C21H20ClNO6. The number of likely N-dealkylation sites (tertiary alicyclic amines) is 1. The van der Waals surface area contributed by atoms with Crippen molar-refractivity contribution in [1.29, 1.82) is 0 Å². The number of aliphatic hydroxyl groups excluding tert-OH is 2. The third-order valence-electron chi connectivity index (χ3n) is 4.60. The molecule has 1 aliphatic heterocycles. The van der Waals surface area contributed by atoms with Gasteiger partial charge in [0.25, 0.3) is 11.7 Å². The molecule has 1 saturated heterocycles. The Hall–Kier alpha value is -3.03. The van der Waals surface area contributed by atoms with E-state index in [-0.39, 0.29) is 36.0 Å². The predicted molar refractivity (Wildman–Crippen MR) is 107 cm³/mol. The average Bonchev–Trinajstić information content (AvgIpc) is 2.95. The van der Waals surface area contributed by atoms with Crippen LogP contribution >= 0.6 is 11.6 Å². The van der Waals surface area contributed by atoms with E-state index in [0.29, 0.717) is 22.8 Å². The van der Waals surface area contributed by atoms with Gasteiger partial charge in [-0.25, -0.2) is 0 Å². The predicted octanol–water partition coefficient (Wildman–Crippen LogP) is 2.86. The number of aromatic hydroxyl groups is 1. The molecule has 0 radical (unpaired) electrons. The van der Waals surface area contributed by atoms with Gasteiger partial charge in [-0.2, -0.15) is 0 Å². The van der Waals surface area contributed by atoms with E-state index in [1.807, 2.05) is 0 Å². The quantitative estimate of drug-likeness (QED) is 0.379. The van der Waals surface area contributed by atoms with Crippen LogP contribution in [-0.2, 0) is 9.59 Å². The Morgan fingerprint density at radius 3 is 2.48 bits per heavy atom. The zero-order valence-electron chi connectivity index (χ0n) is 15.6. The second-order valence-corrected chi connectivity index (χ2v) is 6.82. The largest absolute Gasteiger partial charge is 0.507 e. The first-order valence-corrected chi connectivity index (χ1v) is 9.37. The smallest absolute Gasteiger partial charge is 0.295 e. The molecule has 0 bridgehead atoms. The molecule has 1 amide bonds. The lowest BCUT2D eigenvalue weighted by Crippen LogP contribution is -2.32. The molecule has 29 heavy (non-hydrogen) atoms. The van der Waals surface area contributed by atoms with Gasteiger partial charge in [0.05, 0.1) is 24.8 Å². The first-order chi connectivity index (χ1) is 13.9. The summed E-state index contributed by atoms with van der Waals surface area (Å²) >= 11 is 5.89. The van der Waals surface area contributed by atoms with Gasteiger partial charge >= 0.3 is 0 Å². The van der Waals surface area contributed by atoms with Crippen LogP contribution in [0.25, 0.3) is 5.76 Å². The zero-order valence-corrected chi connectivity index (χ0v) is 16.4. The van der Waals surface area contributed by atoms with E-state index in [0.717, 1.165) is 0 Å². The number of phenols is 1. The van der Waals surface area contributed by atoms with E-state index in [1.165, 1.54) is 35.2 Å². The Morgan fingerprint density at radius 2 is 1.86 bits per heavy atom. The van der Waals surface area contributed by atoms with Crippen LogP contribution in [0, 0.1) is 0 Å². The average molecular weight is 418 g/mol. The first kappa shape index (κ1) is 20.7. The van der Waals surface area contributed by atoms with E-state index in [9.17, 15) is 24.9 Å². The van der Waals surface area contributed by atoms with Crippen molar-refractivity contribution in [2.24, 2.45) is 0 Å². The molecule has 0 saturated carbocycles. The molecular weight excluding hydrogens is 398 g/mol. The van der Waals surface area contributed by atoms with Crippen molar-refractivity contribution < 1.29 is 29.6 Å². The van der Waals surface area contributed by atoms with Crippen molar-refractivity contribution >= 4 is 29.1 Å². The van der Waals surface area contributed by atoms with Crippen molar-refractivity contribution in [1.82, 2.24) is 4.90 Å². The van der Waals surface area contributed by atoms with Crippen LogP contribution < -0.4 is 4.74 Å². The lowest BCUT2D eigenvalue weighted by atomic mass is 9.95. The molecule has 152 valence electrons. The Labute approximate surface area is 172 Å².